The minimum Gasteiger partial charge on any atom is -0.462 e. The second-order valence-electron chi connectivity index (χ2n) is 6.78. The molecule has 0 heterocycles. The minimum atomic E-state index is -3.87. The Kier molecular flexibility index (Phi) is 6.66. The van der Waals surface area contributed by atoms with E-state index in [4.69, 9.17) is 4.74 Å². The molecule has 0 bridgehead atoms. The Morgan fingerprint density at radius 3 is 2.55 bits per heavy atom. The van der Waals surface area contributed by atoms with E-state index >= 15 is 0 Å². The maximum atomic E-state index is 12.4. The van der Waals surface area contributed by atoms with Crippen LogP contribution in [0, 0.1) is 0 Å². The van der Waals surface area contributed by atoms with Gasteiger partial charge in [-0.1, -0.05) is 24.3 Å². The monoisotopic (exact) mass is 416 g/mol. The highest BCUT2D eigenvalue weighted by Crippen LogP contribution is 2.29. The Morgan fingerprint density at radius 1 is 1.10 bits per heavy atom. The number of benzene rings is 2. The van der Waals surface area contributed by atoms with E-state index in [0.29, 0.717) is 0 Å². The van der Waals surface area contributed by atoms with Gasteiger partial charge in [0.25, 0.3) is 0 Å². The van der Waals surface area contributed by atoms with Gasteiger partial charge in [0.1, 0.15) is 0 Å². The zero-order chi connectivity index (χ0) is 20.9. The molecule has 2 aromatic carbocycles. The van der Waals surface area contributed by atoms with Gasteiger partial charge in [-0.25, -0.2) is 17.9 Å². The predicted octanol–water partition coefficient (Wildman–Crippen LogP) is 2.34. The quantitative estimate of drug-likeness (QED) is 0.675. The second kappa shape index (κ2) is 9.19. The third-order valence-electron chi connectivity index (χ3n) is 4.80. The van der Waals surface area contributed by atoms with Gasteiger partial charge < -0.3 is 10.1 Å². The largest absolute Gasteiger partial charge is 0.462 e. The normalized spacial score (nSPS) is 16.0. The van der Waals surface area contributed by atoms with Crippen LogP contribution in [0.2, 0.25) is 0 Å². The van der Waals surface area contributed by atoms with Crippen molar-refractivity contribution in [2.45, 2.75) is 37.1 Å². The van der Waals surface area contributed by atoms with Gasteiger partial charge in [0.2, 0.25) is 15.9 Å². The maximum absolute atomic E-state index is 12.4. The summed E-state index contributed by atoms with van der Waals surface area (Å²) in [5, 5.41) is 2.91. The van der Waals surface area contributed by atoms with Gasteiger partial charge in [0.15, 0.2) is 0 Å². The van der Waals surface area contributed by atoms with Crippen molar-refractivity contribution in [3.8, 4) is 0 Å². The molecule has 0 fully saturated rings. The molecule has 7 nitrogen and oxygen atoms in total. The minimum absolute atomic E-state index is 0.0265. The van der Waals surface area contributed by atoms with Crippen LogP contribution in [0.3, 0.4) is 0 Å². The molecule has 1 aliphatic rings. The number of rotatable bonds is 7. The van der Waals surface area contributed by atoms with Crippen LogP contribution < -0.4 is 10.0 Å². The van der Waals surface area contributed by atoms with Crippen molar-refractivity contribution >= 4 is 21.9 Å². The molecule has 0 radical (unpaired) electrons. The first-order chi connectivity index (χ1) is 13.9. The van der Waals surface area contributed by atoms with E-state index in [-0.39, 0.29) is 29.7 Å². The van der Waals surface area contributed by atoms with E-state index < -0.39 is 21.9 Å². The molecule has 1 amide bonds. The van der Waals surface area contributed by atoms with Gasteiger partial charge in [-0.15, -0.1) is 0 Å². The Bertz CT molecular complexity index is 986. The number of fused-ring (bicyclic) bond motifs is 1. The van der Waals surface area contributed by atoms with Crippen LogP contribution in [0.15, 0.2) is 53.4 Å². The predicted molar refractivity (Wildman–Crippen MR) is 108 cm³/mol. The van der Waals surface area contributed by atoms with Crippen LogP contribution in [-0.4, -0.2) is 33.4 Å². The van der Waals surface area contributed by atoms with Crippen molar-refractivity contribution in [2.24, 2.45) is 0 Å². The van der Waals surface area contributed by atoms with Gasteiger partial charge in [-0.2, -0.15) is 0 Å². The summed E-state index contributed by atoms with van der Waals surface area (Å²) in [6, 6.07) is 13.2. The van der Waals surface area contributed by atoms with Crippen LogP contribution in [-0.2, 0) is 26.0 Å². The van der Waals surface area contributed by atoms with Gasteiger partial charge in [-0.05, 0) is 61.6 Å². The van der Waals surface area contributed by atoms with Crippen molar-refractivity contribution in [3.63, 3.8) is 0 Å². The molecular weight excluding hydrogens is 392 g/mol. The lowest BCUT2D eigenvalue weighted by molar-refractivity contribution is -0.120. The van der Waals surface area contributed by atoms with Crippen molar-refractivity contribution in [1.29, 1.82) is 0 Å². The van der Waals surface area contributed by atoms with Crippen molar-refractivity contribution in [1.82, 2.24) is 10.0 Å². The smallest absolute Gasteiger partial charge is 0.338 e. The molecule has 0 unspecified atom stereocenters. The standard InChI is InChI=1S/C21H24N2O5S/c1-2-28-21(25)16-10-12-17(13-11-16)29(26,27)22-14-20(24)23-19-9-5-7-15-6-3-4-8-18(15)19/h3-4,6,8,10-13,19,22H,2,5,7,9,14H2,1H3,(H,23,24)/t19-/m1/s1. The fourth-order valence-electron chi connectivity index (χ4n) is 3.38. The molecule has 154 valence electrons. The summed E-state index contributed by atoms with van der Waals surface area (Å²) in [6.45, 7) is 1.57. The number of carbonyl (C=O) groups excluding carboxylic acids is 2. The molecule has 0 aliphatic heterocycles. The number of amides is 1. The molecular formula is C21H24N2O5S. The molecule has 0 aromatic heterocycles. The number of ether oxygens (including phenoxy) is 1. The molecule has 2 N–H and O–H groups in total. The van der Waals surface area contributed by atoms with Crippen LogP contribution in [0.25, 0.3) is 0 Å². The van der Waals surface area contributed by atoms with E-state index in [1.807, 2.05) is 18.2 Å². The molecule has 0 saturated carbocycles. The summed E-state index contributed by atoms with van der Waals surface area (Å²) in [5.74, 6) is -0.907. The summed E-state index contributed by atoms with van der Waals surface area (Å²) < 4.78 is 32.0. The fraction of sp³-hybridized carbons (Fsp3) is 0.333. The van der Waals surface area contributed by atoms with Crippen molar-refractivity contribution < 1.29 is 22.7 Å². The Balaban J connectivity index is 1.59. The Hall–Kier alpha value is -2.71. The lowest BCUT2D eigenvalue weighted by Gasteiger charge is -2.26. The zero-order valence-corrected chi connectivity index (χ0v) is 17.0. The molecule has 0 saturated heterocycles. The summed E-state index contributed by atoms with van der Waals surface area (Å²) in [6.07, 6.45) is 2.78. The first-order valence-corrected chi connectivity index (χ1v) is 11.0. The Morgan fingerprint density at radius 2 is 1.83 bits per heavy atom. The molecule has 0 spiro atoms. The number of hydrogen-bond donors (Lipinski definition) is 2. The van der Waals surface area contributed by atoms with Crippen LogP contribution in [0.4, 0.5) is 0 Å². The van der Waals surface area contributed by atoms with Gasteiger partial charge in [0.05, 0.1) is 29.7 Å². The van der Waals surface area contributed by atoms with Crippen molar-refractivity contribution in [2.75, 3.05) is 13.2 Å². The third kappa shape index (κ3) is 5.21. The van der Waals surface area contributed by atoms with Crippen LogP contribution in [0.5, 0.6) is 0 Å². The van der Waals surface area contributed by atoms with Gasteiger partial charge in [0, 0.05) is 0 Å². The highest BCUT2D eigenvalue weighted by atomic mass is 32.2. The van der Waals surface area contributed by atoms with Gasteiger partial charge in [-0.3, -0.25) is 4.79 Å². The zero-order valence-electron chi connectivity index (χ0n) is 16.2. The molecule has 29 heavy (non-hydrogen) atoms. The Labute approximate surface area is 170 Å². The SMILES string of the molecule is CCOC(=O)c1ccc(S(=O)(=O)NCC(=O)N[C@@H]2CCCc3ccccc32)cc1. The number of aryl methyl sites for hydroxylation is 1. The van der Waals surface area contributed by atoms with Gasteiger partial charge >= 0.3 is 5.97 Å². The highest BCUT2D eigenvalue weighted by Gasteiger charge is 2.22. The number of sulfonamides is 1. The fourth-order valence-corrected chi connectivity index (χ4v) is 4.36. The van der Waals surface area contributed by atoms with E-state index in [0.717, 1.165) is 24.8 Å². The van der Waals surface area contributed by atoms with E-state index in [1.165, 1.54) is 29.8 Å². The third-order valence-corrected chi connectivity index (χ3v) is 6.22. The average molecular weight is 416 g/mol. The van der Waals surface area contributed by atoms with Crippen LogP contribution >= 0.6 is 0 Å². The van der Waals surface area contributed by atoms with Crippen molar-refractivity contribution in [3.05, 3.63) is 65.2 Å². The second-order valence-corrected chi connectivity index (χ2v) is 8.55. The summed E-state index contributed by atoms with van der Waals surface area (Å²) in [4.78, 5) is 23.9. The average Bonchev–Trinajstić information content (AvgIpc) is 2.73. The van der Waals surface area contributed by atoms with E-state index in [1.54, 1.807) is 6.92 Å². The molecule has 2 aromatic rings. The van der Waals surface area contributed by atoms with E-state index in [2.05, 4.69) is 16.1 Å². The van der Waals surface area contributed by atoms with Crippen LogP contribution in [0.1, 0.15) is 47.3 Å². The summed E-state index contributed by atoms with van der Waals surface area (Å²) >= 11 is 0. The number of nitrogens with one attached hydrogen (secondary N) is 2. The first-order valence-electron chi connectivity index (χ1n) is 9.54. The summed E-state index contributed by atoms with van der Waals surface area (Å²) in [7, 11) is -3.87. The molecule has 8 heteroatoms. The number of esters is 1. The topological polar surface area (TPSA) is 102 Å². The van der Waals surface area contributed by atoms with E-state index in [9.17, 15) is 18.0 Å². The highest BCUT2D eigenvalue weighted by molar-refractivity contribution is 7.89. The first kappa shape index (κ1) is 21.0. The maximum Gasteiger partial charge on any atom is 0.338 e. The molecule has 1 aliphatic carbocycles. The number of hydrogen-bond acceptors (Lipinski definition) is 5. The molecule has 3 rings (SSSR count). The summed E-state index contributed by atoms with van der Waals surface area (Å²) in [5.41, 5.74) is 2.57. The number of carbonyl (C=O) groups is 2. The molecule has 1 atom stereocenters. The lowest BCUT2D eigenvalue weighted by atomic mass is 9.88. The lowest BCUT2D eigenvalue weighted by Crippen LogP contribution is -2.39.